The van der Waals surface area contributed by atoms with Gasteiger partial charge in [0.05, 0.1) is 5.69 Å². The second kappa shape index (κ2) is 5.70. The van der Waals surface area contributed by atoms with Crippen molar-refractivity contribution in [3.05, 3.63) is 23.8 Å². The van der Waals surface area contributed by atoms with Crippen molar-refractivity contribution in [3.63, 3.8) is 0 Å². The molecule has 0 aliphatic carbocycles. The summed E-state index contributed by atoms with van der Waals surface area (Å²) >= 11 is 0. The molecule has 0 spiro atoms. The Hall–Kier alpha value is -0.960. The van der Waals surface area contributed by atoms with E-state index in [9.17, 15) is 0 Å². The quantitative estimate of drug-likeness (QED) is 0.776. The van der Waals surface area contributed by atoms with E-state index in [4.69, 9.17) is 0 Å². The number of nitrogens with one attached hydrogen (secondary N) is 1. The topological polar surface area (TPSA) is 37.8 Å². The summed E-state index contributed by atoms with van der Waals surface area (Å²) in [4.78, 5) is 8.68. The van der Waals surface area contributed by atoms with Gasteiger partial charge in [-0.05, 0) is 12.5 Å². The molecular formula is C11H19N3. The minimum absolute atomic E-state index is 0.500. The number of nitrogens with zero attached hydrogens (tertiary/aromatic N) is 2. The zero-order valence-electron chi connectivity index (χ0n) is 9.25. The maximum absolute atomic E-state index is 4.46. The van der Waals surface area contributed by atoms with Crippen LogP contribution in [0.5, 0.6) is 0 Å². The van der Waals surface area contributed by atoms with Crippen LogP contribution in [-0.2, 0) is 13.0 Å². The van der Waals surface area contributed by atoms with E-state index in [0.717, 1.165) is 30.9 Å². The van der Waals surface area contributed by atoms with Crippen molar-refractivity contribution < 1.29 is 0 Å². The molecule has 0 saturated heterocycles. The fourth-order valence-electron chi connectivity index (χ4n) is 1.19. The van der Waals surface area contributed by atoms with Gasteiger partial charge in [-0.3, -0.25) is 0 Å². The van der Waals surface area contributed by atoms with Crippen LogP contribution in [-0.4, -0.2) is 16.0 Å². The molecule has 0 fully saturated rings. The van der Waals surface area contributed by atoms with Crippen molar-refractivity contribution in [1.29, 1.82) is 0 Å². The van der Waals surface area contributed by atoms with Gasteiger partial charge in [-0.1, -0.05) is 20.8 Å². The van der Waals surface area contributed by atoms with Crippen molar-refractivity contribution in [2.24, 2.45) is 0 Å². The van der Waals surface area contributed by atoms with Crippen molar-refractivity contribution in [2.75, 3.05) is 0 Å². The molecule has 1 aromatic heterocycles. The molecule has 1 aromatic rings. The third-order valence-electron chi connectivity index (χ3n) is 1.93. The molecule has 78 valence electrons. The molecule has 0 amide bonds. The first-order valence-corrected chi connectivity index (χ1v) is 5.26. The molecule has 0 unspecified atom stereocenters. The minimum atomic E-state index is 0.500. The Kier molecular flexibility index (Phi) is 4.53. The zero-order chi connectivity index (χ0) is 10.4. The lowest BCUT2D eigenvalue weighted by atomic mass is 10.3. The van der Waals surface area contributed by atoms with Crippen LogP contribution < -0.4 is 5.32 Å². The Bertz CT molecular complexity index is 271. The van der Waals surface area contributed by atoms with Crippen LogP contribution in [0, 0.1) is 0 Å². The van der Waals surface area contributed by atoms with Crippen LogP contribution >= 0.6 is 0 Å². The molecule has 1 N–H and O–H groups in total. The summed E-state index contributed by atoms with van der Waals surface area (Å²) in [7, 11) is 0. The van der Waals surface area contributed by atoms with Gasteiger partial charge in [0.25, 0.3) is 0 Å². The maximum Gasteiger partial charge on any atom is 0.128 e. The molecule has 0 atom stereocenters. The molecule has 0 aliphatic heterocycles. The first-order valence-electron chi connectivity index (χ1n) is 5.26. The van der Waals surface area contributed by atoms with Gasteiger partial charge in [0.2, 0.25) is 0 Å². The molecule has 0 aliphatic rings. The summed E-state index contributed by atoms with van der Waals surface area (Å²) in [5.74, 6) is 0.954. The molecule has 0 aromatic carbocycles. The van der Waals surface area contributed by atoms with Gasteiger partial charge in [0, 0.05) is 25.2 Å². The van der Waals surface area contributed by atoms with Gasteiger partial charge in [0.15, 0.2) is 0 Å². The summed E-state index contributed by atoms with van der Waals surface area (Å²) in [6.45, 7) is 7.24. The number of aromatic nitrogens is 2. The van der Waals surface area contributed by atoms with Gasteiger partial charge in [-0.2, -0.15) is 0 Å². The third-order valence-corrected chi connectivity index (χ3v) is 1.93. The number of aryl methyl sites for hydroxylation is 1. The standard InChI is InChI=1S/C11H19N3/c1-4-5-11-12-7-6-10(14-11)8-13-9(2)3/h6-7,9,13H,4-5,8H2,1-3H3. The fourth-order valence-corrected chi connectivity index (χ4v) is 1.19. The van der Waals surface area contributed by atoms with E-state index in [1.54, 1.807) is 0 Å². The summed E-state index contributed by atoms with van der Waals surface area (Å²) in [5, 5.41) is 3.34. The van der Waals surface area contributed by atoms with Gasteiger partial charge >= 0.3 is 0 Å². The number of hydrogen-bond acceptors (Lipinski definition) is 3. The van der Waals surface area contributed by atoms with Gasteiger partial charge in [-0.25, -0.2) is 9.97 Å². The predicted molar refractivity (Wildman–Crippen MR) is 58.0 cm³/mol. The van der Waals surface area contributed by atoms with E-state index in [1.165, 1.54) is 0 Å². The largest absolute Gasteiger partial charge is 0.309 e. The normalized spacial score (nSPS) is 10.9. The summed E-state index contributed by atoms with van der Waals surface area (Å²) in [6, 6.07) is 2.47. The molecule has 14 heavy (non-hydrogen) atoms. The second-order valence-corrected chi connectivity index (χ2v) is 3.75. The van der Waals surface area contributed by atoms with Gasteiger partial charge < -0.3 is 5.32 Å². The van der Waals surface area contributed by atoms with Crippen LogP contribution in [0.15, 0.2) is 12.3 Å². The van der Waals surface area contributed by atoms with Gasteiger partial charge in [0.1, 0.15) is 5.82 Å². The van der Waals surface area contributed by atoms with E-state index in [0.29, 0.717) is 6.04 Å². The molecule has 3 heteroatoms. The molecule has 0 bridgehead atoms. The third kappa shape index (κ3) is 3.83. The lowest BCUT2D eigenvalue weighted by Crippen LogP contribution is -2.22. The predicted octanol–water partition coefficient (Wildman–Crippen LogP) is 1.93. The molecule has 1 heterocycles. The molecule has 3 nitrogen and oxygen atoms in total. The lowest BCUT2D eigenvalue weighted by Gasteiger charge is -2.07. The van der Waals surface area contributed by atoms with Crippen molar-refractivity contribution in [2.45, 2.75) is 46.2 Å². The average Bonchev–Trinajstić information content (AvgIpc) is 2.16. The van der Waals surface area contributed by atoms with Crippen LogP contribution in [0.3, 0.4) is 0 Å². The summed E-state index contributed by atoms with van der Waals surface area (Å²) < 4.78 is 0. The first-order chi connectivity index (χ1) is 6.72. The molecule has 0 saturated carbocycles. The Balaban J connectivity index is 2.54. The fraction of sp³-hybridized carbons (Fsp3) is 0.636. The summed E-state index contributed by atoms with van der Waals surface area (Å²) in [6.07, 6.45) is 3.91. The highest BCUT2D eigenvalue weighted by Gasteiger charge is 1.99. The lowest BCUT2D eigenvalue weighted by molar-refractivity contribution is 0.578. The van der Waals surface area contributed by atoms with Crippen LogP contribution in [0.4, 0.5) is 0 Å². The molecule has 1 rings (SSSR count). The van der Waals surface area contributed by atoms with Gasteiger partial charge in [-0.15, -0.1) is 0 Å². The zero-order valence-corrected chi connectivity index (χ0v) is 9.25. The highest BCUT2D eigenvalue weighted by atomic mass is 14.9. The van der Waals surface area contributed by atoms with Crippen LogP contribution in [0.1, 0.15) is 38.7 Å². The molecular weight excluding hydrogens is 174 g/mol. The maximum atomic E-state index is 4.46. The minimum Gasteiger partial charge on any atom is -0.309 e. The second-order valence-electron chi connectivity index (χ2n) is 3.75. The van der Waals surface area contributed by atoms with E-state index >= 15 is 0 Å². The van der Waals surface area contributed by atoms with Crippen molar-refractivity contribution in [1.82, 2.24) is 15.3 Å². The average molecular weight is 193 g/mol. The first kappa shape index (κ1) is 11.1. The summed E-state index contributed by atoms with van der Waals surface area (Å²) in [5.41, 5.74) is 1.08. The van der Waals surface area contributed by atoms with E-state index in [-0.39, 0.29) is 0 Å². The monoisotopic (exact) mass is 193 g/mol. The Morgan fingerprint density at radius 1 is 1.43 bits per heavy atom. The highest BCUT2D eigenvalue weighted by Crippen LogP contribution is 1.98. The Labute approximate surface area is 86.0 Å². The number of hydrogen-bond donors (Lipinski definition) is 1. The van der Waals surface area contributed by atoms with Crippen LogP contribution in [0.2, 0.25) is 0 Å². The Morgan fingerprint density at radius 3 is 2.86 bits per heavy atom. The highest BCUT2D eigenvalue weighted by molar-refractivity contribution is 5.02. The van der Waals surface area contributed by atoms with Crippen molar-refractivity contribution in [3.8, 4) is 0 Å². The van der Waals surface area contributed by atoms with E-state index in [2.05, 4.69) is 36.1 Å². The van der Waals surface area contributed by atoms with E-state index in [1.807, 2.05) is 12.3 Å². The van der Waals surface area contributed by atoms with Crippen LogP contribution in [0.25, 0.3) is 0 Å². The Morgan fingerprint density at radius 2 is 2.21 bits per heavy atom. The molecule has 0 radical (unpaired) electrons. The number of rotatable bonds is 5. The van der Waals surface area contributed by atoms with Crippen molar-refractivity contribution >= 4 is 0 Å². The SMILES string of the molecule is CCCc1nccc(CNC(C)C)n1. The smallest absolute Gasteiger partial charge is 0.128 e. The van der Waals surface area contributed by atoms with E-state index < -0.39 is 0 Å².